The van der Waals surface area contributed by atoms with Crippen LogP contribution in [0.25, 0.3) is 0 Å². The lowest BCUT2D eigenvalue weighted by Gasteiger charge is -2.15. The van der Waals surface area contributed by atoms with Crippen LogP contribution < -0.4 is 10.6 Å². The lowest BCUT2D eigenvalue weighted by molar-refractivity contribution is -0.143. The third-order valence-corrected chi connectivity index (χ3v) is 4.24. The molecule has 0 radical (unpaired) electrons. The molecule has 29 heavy (non-hydrogen) atoms. The molecule has 0 saturated heterocycles. The molecule has 12 heteroatoms. The van der Waals surface area contributed by atoms with Gasteiger partial charge in [0, 0.05) is 18.4 Å². The first-order chi connectivity index (χ1) is 13.4. The summed E-state index contributed by atoms with van der Waals surface area (Å²) in [5.41, 5.74) is -3.27. The Bertz CT molecular complexity index is 806. The molecule has 0 amide bonds. The molecule has 1 aromatic carbocycles. The molecular formula is C17H18BrF6N5. The summed E-state index contributed by atoms with van der Waals surface area (Å²) in [6.45, 7) is 1.39. The zero-order chi connectivity index (χ0) is 21.8. The van der Waals surface area contributed by atoms with E-state index in [1.54, 1.807) is 0 Å². The second-order valence-corrected chi connectivity index (χ2v) is 7.25. The van der Waals surface area contributed by atoms with Crippen molar-refractivity contribution < 1.29 is 26.3 Å². The Morgan fingerprint density at radius 3 is 2.10 bits per heavy atom. The third kappa shape index (κ3) is 7.03. The van der Waals surface area contributed by atoms with Crippen LogP contribution in [0.5, 0.6) is 0 Å². The number of anilines is 3. The number of rotatable bonds is 7. The van der Waals surface area contributed by atoms with Crippen LogP contribution in [-0.2, 0) is 12.4 Å². The Hall–Kier alpha value is -2.08. The van der Waals surface area contributed by atoms with Gasteiger partial charge in [-0.2, -0.15) is 31.3 Å². The van der Waals surface area contributed by atoms with Crippen molar-refractivity contribution in [1.29, 1.82) is 0 Å². The summed E-state index contributed by atoms with van der Waals surface area (Å²) in [6.07, 6.45) is -7.72. The monoisotopic (exact) mass is 485 g/mol. The first-order valence-corrected chi connectivity index (χ1v) is 9.13. The van der Waals surface area contributed by atoms with Gasteiger partial charge in [0.05, 0.1) is 15.6 Å². The molecule has 1 aromatic heterocycles. The SMILES string of the molecule is CN(C)CCCNc1nc(Nc2cc(C(F)(F)F)cc(C(F)(F)F)c2)ncc1Br. The van der Waals surface area contributed by atoms with Gasteiger partial charge in [0.15, 0.2) is 0 Å². The molecule has 0 aliphatic heterocycles. The summed E-state index contributed by atoms with van der Waals surface area (Å²) in [7, 11) is 3.85. The smallest absolute Gasteiger partial charge is 0.369 e. The van der Waals surface area contributed by atoms with Gasteiger partial charge in [-0.1, -0.05) is 0 Å². The number of hydrogen-bond acceptors (Lipinski definition) is 5. The van der Waals surface area contributed by atoms with Gasteiger partial charge in [0.2, 0.25) is 5.95 Å². The molecule has 0 aliphatic carbocycles. The lowest BCUT2D eigenvalue weighted by Crippen LogP contribution is -2.17. The molecule has 0 atom stereocenters. The molecule has 5 nitrogen and oxygen atoms in total. The van der Waals surface area contributed by atoms with E-state index in [-0.39, 0.29) is 12.0 Å². The molecule has 2 N–H and O–H groups in total. The van der Waals surface area contributed by atoms with Crippen molar-refractivity contribution in [2.45, 2.75) is 18.8 Å². The fourth-order valence-corrected chi connectivity index (χ4v) is 2.64. The number of nitrogens with one attached hydrogen (secondary N) is 2. The van der Waals surface area contributed by atoms with Crippen LogP contribution in [0.15, 0.2) is 28.9 Å². The Balaban J connectivity index is 2.25. The van der Waals surface area contributed by atoms with Crippen LogP contribution in [-0.4, -0.2) is 42.1 Å². The molecule has 0 bridgehead atoms. The number of alkyl halides is 6. The Labute approximate surface area is 171 Å². The third-order valence-electron chi connectivity index (χ3n) is 3.66. The van der Waals surface area contributed by atoms with Crippen molar-refractivity contribution in [3.63, 3.8) is 0 Å². The molecule has 1 heterocycles. The molecule has 2 aromatic rings. The zero-order valence-corrected chi connectivity index (χ0v) is 17.0. The maximum atomic E-state index is 13.0. The largest absolute Gasteiger partial charge is 0.416 e. The Morgan fingerprint density at radius 2 is 1.59 bits per heavy atom. The summed E-state index contributed by atoms with van der Waals surface area (Å²) in [5.74, 6) is 0.222. The minimum absolute atomic E-state index is 0.0609. The summed E-state index contributed by atoms with van der Waals surface area (Å²) >= 11 is 3.25. The van der Waals surface area contributed by atoms with E-state index >= 15 is 0 Å². The van der Waals surface area contributed by atoms with E-state index in [9.17, 15) is 26.3 Å². The lowest BCUT2D eigenvalue weighted by atomic mass is 10.1. The second-order valence-electron chi connectivity index (χ2n) is 6.39. The summed E-state index contributed by atoms with van der Waals surface area (Å²) in [6, 6.07) is 1.21. The van der Waals surface area contributed by atoms with Crippen molar-refractivity contribution in [2.24, 2.45) is 0 Å². The molecular weight excluding hydrogens is 468 g/mol. The van der Waals surface area contributed by atoms with Crippen LogP contribution in [0.4, 0.5) is 43.8 Å². The summed E-state index contributed by atoms with van der Waals surface area (Å²) in [5, 5.41) is 5.45. The number of nitrogens with zero attached hydrogens (tertiary/aromatic N) is 3. The predicted molar refractivity (Wildman–Crippen MR) is 101 cm³/mol. The van der Waals surface area contributed by atoms with Gasteiger partial charge in [0.25, 0.3) is 0 Å². The van der Waals surface area contributed by atoms with Crippen molar-refractivity contribution in [3.8, 4) is 0 Å². The average Bonchev–Trinajstić information content (AvgIpc) is 2.59. The molecule has 2 rings (SSSR count). The van der Waals surface area contributed by atoms with E-state index < -0.39 is 29.2 Å². The van der Waals surface area contributed by atoms with Crippen LogP contribution >= 0.6 is 15.9 Å². The predicted octanol–water partition coefficient (Wildman–Crippen LogP) is 5.38. The summed E-state index contributed by atoms with van der Waals surface area (Å²) < 4.78 is 78.4. The minimum Gasteiger partial charge on any atom is -0.369 e. The number of aromatic nitrogens is 2. The number of halogens is 7. The van der Waals surface area contributed by atoms with Gasteiger partial charge in [-0.15, -0.1) is 0 Å². The van der Waals surface area contributed by atoms with E-state index in [2.05, 4.69) is 36.5 Å². The van der Waals surface area contributed by atoms with Crippen molar-refractivity contribution in [1.82, 2.24) is 14.9 Å². The van der Waals surface area contributed by atoms with E-state index in [4.69, 9.17) is 0 Å². The highest BCUT2D eigenvalue weighted by atomic mass is 79.9. The maximum Gasteiger partial charge on any atom is 0.416 e. The highest BCUT2D eigenvalue weighted by molar-refractivity contribution is 9.10. The van der Waals surface area contributed by atoms with Gasteiger partial charge in [-0.3, -0.25) is 0 Å². The van der Waals surface area contributed by atoms with Crippen LogP contribution in [0, 0.1) is 0 Å². The van der Waals surface area contributed by atoms with E-state index in [0.717, 1.165) is 13.0 Å². The van der Waals surface area contributed by atoms with Gasteiger partial charge in [-0.25, -0.2) is 4.98 Å². The van der Waals surface area contributed by atoms with Crippen molar-refractivity contribution in [3.05, 3.63) is 40.0 Å². The molecule has 0 aliphatic rings. The Morgan fingerprint density at radius 1 is 1.00 bits per heavy atom. The standard InChI is InChI=1S/C17H18BrF6N5/c1-29(2)5-3-4-25-14-13(18)9-26-15(28-14)27-12-7-10(16(19,20)21)6-11(8-12)17(22,23)24/h6-9H,3-5H2,1-2H3,(H2,25,26,27,28). The normalized spacial score (nSPS) is 12.3. The molecule has 0 saturated carbocycles. The molecule has 0 fully saturated rings. The average molecular weight is 486 g/mol. The van der Waals surface area contributed by atoms with Gasteiger partial charge in [-0.05, 0) is 61.2 Å². The highest BCUT2D eigenvalue weighted by Crippen LogP contribution is 2.38. The van der Waals surface area contributed by atoms with Crippen molar-refractivity contribution in [2.75, 3.05) is 37.8 Å². The van der Waals surface area contributed by atoms with Gasteiger partial charge >= 0.3 is 12.4 Å². The van der Waals surface area contributed by atoms with E-state index in [1.807, 2.05) is 19.0 Å². The van der Waals surface area contributed by atoms with Crippen molar-refractivity contribution >= 4 is 33.4 Å². The van der Waals surface area contributed by atoms with Crippen LogP contribution in [0.3, 0.4) is 0 Å². The zero-order valence-electron chi connectivity index (χ0n) is 15.4. The van der Waals surface area contributed by atoms with Gasteiger partial charge < -0.3 is 15.5 Å². The Kier molecular flexibility index (Phi) is 7.33. The maximum absolute atomic E-state index is 13.0. The number of benzene rings is 1. The first kappa shape index (κ1) is 23.2. The topological polar surface area (TPSA) is 53.1 Å². The molecule has 0 spiro atoms. The fraction of sp³-hybridized carbons (Fsp3) is 0.412. The fourth-order valence-electron chi connectivity index (χ4n) is 2.31. The van der Waals surface area contributed by atoms with E-state index in [0.29, 0.717) is 29.0 Å². The minimum atomic E-state index is -4.93. The van der Waals surface area contributed by atoms with E-state index in [1.165, 1.54) is 6.20 Å². The molecule has 160 valence electrons. The second kappa shape index (κ2) is 9.16. The first-order valence-electron chi connectivity index (χ1n) is 8.34. The van der Waals surface area contributed by atoms with Crippen LogP contribution in [0.1, 0.15) is 17.5 Å². The molecule has 0 unspecified atom stereocenters. The number of hydrogen-bond donors (Lipinski definition) is 2. The summed E-state index contributed by atoms with van der Waals surface area (Å²) in [4.78, 5) is 10.0. The quantitative estimate of drug-likeness (QED) is 0.407. The van der Waals surface area contributed by atoms with Gasteiger partial charge in [0.1, 0.15) is 5.82 Å². The van der Waals surface area contributed by atoms with Crippen LogP contribution in [0.2, 0.25) is 0 Å². The highest BCUT2D eigenvalue weighted by Gasteiger charge is 2.37.